The maximum atomic E-state index is 12.2. The molecule has 1 aromatic rings. The van der Waals surface area contributed by atoms with E-state index in [9.17, 15) is 8.42 Å². The van der Waals surface area contributed by atoms with Crippen molar-refractivity contribution in [3.63, 3.8) is 0 Å². The minimum atomic E-state index is -3.39. The quantitative estimate of drug-likeness (QED) is 0.812. The normalized spacial score (nSPS) is 11.9. The van der Waals surface area contributed by atoms with Crippen LogP contribution in [-0.4, -0.2) is 30.8 Å². The van der Waals surface area contributed by atoms with Crippen LogP contribution in [0.25, 0.3) is 0 Å². The second kappa shape index (κ2) is 5.90. The van der Waals surface area contributed by atoms with Crippen molar-refractivity contribution in [1.82, 2.24) is 4.31 Å². The van der Waals surface area contributed by atoms with Gasteiger partial charge in [-0.05, 0) is 18.6 Å². The summed E-state index contributed by atoms with van der Waals surface area (Å²) in [4.78, 5) is 0.862. The van der Waals surface area contributed by atoms with E-state index in [0.717, 1.165) is 17.8 Å². The number of nitrogens with two attached hydrogens (primary N) is 1. The van der Waals surface area contributed by atoms with Gasteiger partial charge in [-0.1, -0.05) is 26.1 Å². The highest BCUT2D eigenvalue weighted by Gasteiger charge is 2.24. The molecule has 0 atom stereocenters. The van der Waals surface area contributed by atoms with Gasteiger partial charge in [0.05, 0.1) is 4.88 Å². The summed E-state index contributed by atoms with van der Waals surface area (Å²) in [5.41, 5.74) is 5.47. The van der Waals surface area contributed by atoms with E-state index in [1.807, 2.05) is 13.8 Å². The molecule has 7 heteroatoms. The topological polar surface area (TPSA) is 63.4 Å². The molecule has 0 bridgehead atoms. The van der Waals surface area contributed by atoms with Crippen molar-refractivity contribution >= 4 is 38.6 Å². The molecule has 0 aromatic carbocycles. The molecular weight excluding hydrogens is 276 g/mol. The van der Waals surface area contributed by atoms with Crippen molar-refractivity contribution in [2.45, 2.75) is 24.5 Å². The number of hydrogen-bond donors (Lipinski definition) is 1. The van der Waals surface area contributed by atoms with Crippen molar-refractivity contribution in [3.05, 3.63) is 17.0 Å². The minimum Gasteiger partial charge on any atom is -0.389 e. The third kappa shape index (κ3) is 3.25. The van der Waals surface area contributed by atoms with Gasteiger partial charge in [0.2, 0.25) is 0 Å². The molecule has 0 aliphatic carbocycles. The first-order chi connectivity index (χ1) is 7.93. The zero-order chi connectivity index (χ0) is 13.1. The molecule has 17 heavy (non-hydrogen) atoms. The molecule has 0 fully saturated rings. The minimum absolute atomic E-state index is 0.231. The van der Waals surface area contributed by atoms with Crippen molar-refractivity contribution < 1.29 is 8.42 Å². The zero-order valence-electron chi connectivity index (χ0n) is 9.84. The Morgan fingerprint density at radius 2 is 2.12 bits per heavy atom. The molecule has 2 N–H and O–H groups in total. The monoisotopic (exact) mass is 292 g/mol. The fourth-order valence-corrected chi connectivity index (χ4v) is 4.46. The first-order valence-corrected chi connectivity index (χ1v) is 7.99. The third-order valence-electron chi connectivity index (χ3n) is 2.24. The predicted molar refractivity (Wildman–Crippen MR) is 74.9 cm³/mol. The van der Waals surface area contributed by atoms with E-state index in [2.05, 4.69) is 0 Å². The van der Waals surface area contributed by atoms with Crippen molar-refractivity contribution in [1.29, 1.82) is 0 Å². The second-order valence-corrected chi connectivity index (χ2v) is 7.17. The molecule has 0 unspecified atom stereocenters. The Balaban J connectivity index is 3.07. The number of nitrogens with zero attached hydrogens (tertiary/aromatic N) is 1. The lowest BCUT2D eigenvalue weighted by atomic mass is 10.5. The molecule has 4 nitrogen and oxygen atoms in total. The summed E-state index contributed by atoms with van der Waals surface area (Å²) < 4.78 is 26.2. The molecule has 1 heterocycles. The molecule has 96 valence electrons. The van der Waals surface area contributed by atoms with Gasteiger partial charge in [-0.2, -0.15) is 4.31 Å². The summed E-state index contributed by atoms with van der Waals surface area (Å²) in [6.07, 6.45) is 0.792. The average Bonchev–Trinajstić information content (AvgIpc) is 2.75. The first kappa shape index (κ1) is 14.6. The molecule has 0 radical (unpaired) electrons. The fraction of sp³-hybridized carbons (Fsp3) is 0.500. The van der Waals surface area contributed by atoms with Crippen LogP contribution < -0.4 is 5.73 Å². The summed E-state index contributed by atoms with van der Waals surface area (Å²) in [5, 5.41) is 0. The van der Waals surface area contributed by atoms with Crippen LogP contribution >= 0.6 is 23.6 Å². The second-order valence-electron chi connectivity index (χ2n) is 3.48. The van der Waals surface area contributed by atoms with Gasteiger partial charge in [-0.25, -0.2) is 8.42 Å². The number of thiophene rings is 1. The average molecular weight is 292 g/mol. The third-order valence-corrected chi connectivity index (χ3v) is 6.15. The lowest BCUT2D eigenvalue weighted by Gasteiger charge is -2.18. The van der Waals surface area contributed by atoms with Crippen molar-refractivity contribution in [3.8, 4) is 0 Å². The van der Waals surface area contributed by atoms with E-state index in [1.165, 1.54) is 4.31 Å². The molecule has 1 rings (SSSR count). The molecular formula is C10H16N2O2S3. The van der Waals surface area contributed by atoms with Crippen LogP contribution in [0.5, 0.6) is 0 Å². The van der Waals surface area contributed by atoms with Crippen molar-refractivity contribution in [2.24, 2.45) is 5.73 Å². The van der Waals surface area contributed by atoms with Gasteiger partial charge in [0.25, 0.3) is 10.0 Å². The molecule has 0 spiro atoms. The van der Waals surface area contributed by atoms with Crippen LogP contribution in [0.1, 0.15) is 25.1 Å². The lowest BCUT2D eigenvalue weighted by molar-refractivity contribution is 0.428. The van der Waals surface area contributed by atoms with Gasteiger partial charge in [0, 0.05) is 13.1 Å². The largest absolute Gasteiger partial charge is 0.389 e. The highest BCUT2D eigenvalue weighted by Crippen LogP contribution is 2.24. The molecule has 0 aliphatic rings. The Kier molecular flexibility index (Phi) is 5.05. The molecule has 0 aliphatic heterocycles. The Hall–Kier alpha value is -0.500. The Morgan fingerprint density at radius 1 is 1.47 bits per heavy atom. The molecule has 1 aromatic heterocycles. The number of rotatable bonds is 6. The standard InChI is InChI=1S/C10H16N2O2S3/c1-3-7-12(4-2)17(13,14)9-6-5-8(16-9)10(11)15/h5-6H,3-4,7H2,1-2H3,(H2,11,15). The van der Waals surface area contributed by atoms with E-state index >= 15 is 0 Å². The number of hydrogen-bond acceptors (Lipinski definition) is 4. The number of thiocarbonyl (C=S) groups is 1. The maximum absolute atomic E-state index is 12.2. The Labute approximate surface area is 111 Å². The van der Waals surface area contributed by atoms with Gasteiger partial charge < -0.3 is 5.73 Å². The van der Waals surface area contributed by atoms with Gasteiger partial charge >= 0.3 is 0 Å². The van der Waals surface area contributed by atoms with E-state index in [0.29, 0.717) is 22.2 Å². The van der Waals surface area contributed by atoms with Crippen LogP contribution in [0.15, 0.2) is 16.3 Å². The molecule has 0 amide bonds. The van der Waals surface area contributed by atoms with Crippen LogP contribution in [0.4, 0.5) is 0 Å². The van der Waals surface area contributed by atoms with Gasteiger partial charge in [-0.3, -0.25) is 0 Å². The first-order valence-electron chi connectivity index (χ1n) is 5.33. The predicted octanol–water partition coefficient (Wildman–Crippen LogP) is 1.80. The van der Waals surface area contributed by atoms with Crippen LogP contribution in [0.2, 0.25) is 0 Å². The maximum Gasteiger partial charge on any atom is 0.252 e. The van der Waals surface area contributed by atoms with Crippen molar-refractivity contribution in [2.75, 3.05) is 13.1 Å². The number of sulfonamides is 1. The zero-order valence-corrected chi connectivity index (χ0v) is 12.3. The van der Waals surface area contributed by atoms with Crippen LogP contribution in [-0.2, 0) is 10.0 Å². The van der Waals surface area contributed by atoms with E-state index in [-0.39, 0.29) is 4.99 Å². The van der Waals surface area contributed by atoms with Gasteiger partial charge in [0.1, 0.15) is 9.20 Å². The van der Waals surface area contributed by atoms with Gasteiger partial charge in [0.15, 0.2) is 0 Å². The van der Waals surface area contributed by atoms with E-state index in [1.54, 1.807) is 12.1 Å². The van der Waals surface area contributed by atoms with Crippen LogP contribution in [0, 0.1) is 0 Å². The fourth-order valence-electron chi connectivity index (χ4n) is 1.42. The van der Waals surface area contributed by atoms with Gasteiger partial charge in [-0.15, -0.1) is 11.3 Å². The molecule has 0 saturated heterocycles. The smallest absolute Gasteiger partial charge is 0.252 e. The Morgan fingerprint density at radius 3 is 2.53 bits per heavy atom. The summed E-state index contributed by atoms with van der Waals surface area (Å²) >= 11 is 5.94. The summed E-state index contributed by atoms with van der Waals surface area (Å²) in [5.74, 6) is 0. The Bertz CT molecular complexity index is 493. The SMILES string of the molecule is CCCN(CC)S(=O)(=O)c1ccc(C(N)=S)s1. The van der Waals surface area contributed by atoms with E-state index in [4.69, 9.17) is 18.0 Å². The van der Waals surface area contributed by atoms with E-state index < -0.39 is 10.0 Å². The summed E-state index contributed by atoms with van der Waals surface area (Å²) in [7, 11) is -3.39. The molecule has 0 saturated carbocycles. The van der Waals surface area contributed by atoms with Crippen LogP contribution in [0.3, 0.4) is 0 Å². The lowest BCUT2D eigenvalue weighted by Crippen LogP contribution is -2.31. The highest BCUT2D eigenvalue weighted by atomic mass is 32.2. The summed E-state index contributed by atoms with van der Waals surface area (Å²) in [6.45, 7) is 4.78. The summed E-state index contributed by atoms with van der Waals surface area (Å²) in [6, 6.07) is 3.21. The highest BCUT2D eigenvalue weighted by molar-refractivity contribution is 7.91.